The first-order chi connectivity index (χ1) is 15.3. The topological polar surface area (TPSA) is 94.2 Å². The Hall–Kier alpha value is -2.78. The molecule has 0 saturated carbocycles. The van der Waals surface area contributed by atoms with Gasteiger partial charge in [-0.15, -0.1) is 0 Å². The number of nitrogens with zero attached hydrogens (tertiary/aromatic N) is 1. The SMILES string of the molecule is COc1ccc([C@H](C)NC(=O)c2ccc(OC)c(S(=O)(=O)N3CCCCC3)c2)cc1OC. The Morgan fingerprint density at radius 2 is 1.53 bits per heavy atom. The number of hydrogen-bond acceptors (Lipinski definition) is 6. The van der Waals surface area contributed by atoms with E-state index in [0.717, 1.165) is 24.8 Å². The molecule has 0 unspecified atom stereocenters. The summed E-state index contributed by atoms with van der Waals surface area (Å²) in [4.78, 5) is 13.0. The van der Waals surface area contributed by atoms with Crippen molar-refractivity contribution in [3.05, 3.63) is 47.5 Å². The molecular formula is C23H30N2O6S. The first kappa shape index (κ1) is 23.9. The maximum absolute atomic E-state index is 13.2. The van der Waals surface area contributed by atoms with Crippen LogP contribution >= 0.6 is 0 Å². The monoisotopic (exact) mass is 462 g/mol. The van der Waals surface area contributed by atoms with E-state index in [9.17, 15) is 13.2 Å². The van der Waals surface area contributed by atoms with E-state index in [4.69, 9.17) is 14.2 Å². The lowest BCUT2D eigenvalue weighted by atomic mass is 10.1. The summed E-state index contributed by atoms with van der Waals surface area (Å²) < 4.78 is 43.7. The maximum atomic E-state index is 13.2. The molecule has 8 nitrogen and oxygen atoms in total. The fourth-order valence-corrected chi connectivity index (χ4v) is 5.45. The minimum Gasteiger partial charge on any atom is -0.495 e. The first-order valence-electron chi connectivity index (χ1n) is 10.5. The number of carbonyl (C=O) groups is 1. The molecule has 0 spiro atoms. The van der Waals surface area contributed by atoms with Crippen LogP contribution in [0.25, 0.3) is 0 Å². The van der Waals surface area contributed by atoms with Crippen molar-refractivity contribution in [1.29, 1.82) is 0 Å². The van der Waals surface area contributed by atoms with E-state index in [1.807, 2.05) is 13.0 Å². The third-order valence-electron chi connectivity index (χ3n) is 5.61. The van der Waals surface area contributed by atoms with Crippen LogP contribution < -0.4 is 19.5 Å². The highest BCUT2D eigenvalue weighted by atomic mass is 32.2. The standard InChI is InChI=1S/C23H30N2O6S/c1-16(17-8-10-19(29-2)21(14-17)31-4)24-23(26)18-9-11-20(30-3)22(15-18)32(27,28)25-12-6-5-7-13-25/h8-11,14-16H,5-7,12-13H2,1-4H3,(H,24,26)/t16-/m0/s1. The fraction of sp³-hybridized carbons (Fsp3) is 0.435. The Morgan fingerprint density at radius 1 is 0.906 bits per heavy atom. The molecule has 1 heterocycles. The normalized spacial score (nSPS) is 15.6. The third kappa shape index (κ3) is 4.99. The van der Waals surface area contributed by atoms with Gasteiger partial charge in [-0.1, -0.05) is 12.5 Å². The van der Waals surface area contributed by atoms with Crippen LogP contribution in [0.4, 0.5) is 0 Å². The molecule has 1 saturated heterocycles. The fourth-order valence-electron chi connectivity index (χ4n) is 3.75. The van der Waals surface area contributed by atoms with Crippen molar-refractivity contribution in [2.24, 2.45) is 0 Å². The molecule has 2 aromatic rings. The molecule has 1 amide bonds. The molecule has 0 aromatic heterocycles. The second-order valence-electron chi connectivity index (χ2n) is 7.64. The maximum Gasteiger partial charge on any atom is 0.251 e. The van der Waals surface area contributed by atoms with Crippen LogP contribution in [-0.4, -0.2) is 53.0 Å². The number of carbonyl (C=O) groups excluding carboxylic acids is 1. The van der Waals surface area contributed by atoms with Crippen LogP contribution in [-0.2, 0) is 10.0 Å². The van der Waals surface area contributed by atoms with Gasteiger partial charge < -0.3 is 19.5 Å². The number of rotatable bonds is 8. The highest BCUT2D eigenvalue weighted by Crippen LogP contribution is 2.31. The molecule has 2 aromatic carbocycles. The van der Waals surface area contributed by atoms with Gasteiger partial charge >= 0.3 is 0 Å². The molecule has 3 rings (SSSR count). The molecule has 1 N–H and O–H groups in total. The molecule has 0 bridgehead atoms. The van der Waals surface area contributed by atoms with Gasteiger partial charge in [0.1, 0.15) is 10.6 Å². The summed E-state index contributed by atoms with van der Waals surface area (Å²) in [6.45, 7) is 2.78. The number of piperidine rings is 1. The number of methoxy groups -OCH3 is 3. The lowest BCUT2D eigenvalue weighted by Gasteiger charge is -2.26. The Labute approximate surface area is 189 Å². The number of benzene rings is 2. The zero-order chi connectivity index (χ0) is 23.3. The largest absolute Gasteiger partial charge is 0.495 e. The van der Waals surface area contributed by atoms with Crippen LogP contribution in [0.15, 0.2) is 41.3 Å². The summed E-state index contributed by atoms with van der Waals surface area (Å²) in [5.74, 6) is 0.994. The van der Waals surface area contributed by atoms with E-state index in [2.05, 4.69) is 5.32 Å². The van der Waals surface area contributed by atoms with E-state index >= 15 is 0 Å². The second kappa shape index (κ2) is 10.2. The Kier molecular flexibility index (Phi) is 7.63. The highest BCUT2D eigenvalue weighted by Gasteiger charge is 2.30. The Balaban J connectivity index is 1.85. The molecule has 9 heteroatoms. The van der Waals surface area contributed by atoms with Crippen molar-refractivity contribution < 1.29 is 27.4 Å². The molecule has 174 valence electrons. The third-order valence-corrected chi connectivity index (χ3v) is 7.53. The van der Waals surface area contributed by atoms with E-state index in [1.54, 1.807) is 32.4 Å². The van der Waals surface area contributed by atoms with Gasteiger partial charge in [-0.25, -0.2) is 8.42 Å². The average Bonchev–Trinajstić information content (AvgIpc) is 2.83. The summed E-state index contributed by atoms with van der Waals surface area (Å²) in [5.41, 5.74) is 1.07. The lowest BCUT2D eigenvalue weighted by molar-refractivity contribution is 0.0939. The van der Waals surface area contributed by atoms with Gasteiger partial charge in [0.25, 0.3) is 5.91 Å². The van der Waals surface area contributed by atoms with E-state index in [0.29, 0.717) is 24.6 Å². The van der Waals surface area contributed by atoms with Crippen LogP contribution in [0.5, 0.6) is 17.2 Å². The van der Waals surface area contributed by atoms with E-state index in [-0.39, 0.29) is 28.2 Å². The van der Waals surface area contributed by atoms with Crippen LogP contribution in [0.1, 0.15) is 48.1 Å². The van der Waals surface area contributed by atoms with E-state index < -0.39 is 10.0 Å². The van der Waals surface area contributed by atoms with Gasteiger partial charge in [-0.3, -0.25) is 4.79 Å². The van der Waals surface area contributed by atoms with Crippen molar-refractivity contribution in [3.63, 3.8) is 0 Å². The average molecular weight is 463 g/mol. The minimum atomic E-state index is -3.76. The molecule has 1 aliphatic rings. The first-order valence-corrected chi connectivity index (χ1v) is 12.0. The number of sulfonamides is 1. The Bertz CT molecular complexity index is 1060. The van der Waals surface area contributed by atoms with Crippen molar-refractivity contribution in [3.8, 4) is 17.2 Å². The summed E-state index contributed by atoms with van der Waals surface area (Å²) >= 11 is 0. The number of hydrogen-bond donors (Lipinski definition) is 1. The quantitative estimate of drug-likeness (QED) is 0.646. The van der Waals surface area contributed by atoms with Gasteiger partial charge in [0.05, 0.1) is 27.4 Å². The highest BCUT2D eigenvalue weighted by molar-refractivity contribution is 7.89. The number of nitrogens with one attached hydrogen (secondary N) is 1. The second-order valence-corrected chi connectivity index (χ2v) is 9.55. The van der Waals surface area contributed by atoms with Gasteiger partial charge in [-0.05, 0) is 55.7 Å². The number of ether oxygens (including phenoxy) is 3. The van der Waals surface area contributed by atoms with Gasteiger partial charge in [0, 0.05) is 18.7 Å². The molecule has 32 heavy (non-hydrogen) atoms. The van der Waals surface area contributed by atoms with Gasteiger partial charge in [0.2, 0.25) is 10.0 Å². The van der Waals surface area contributed by atoms with Crippen LogP contribution in [0, 0.1) is 0 Å². The van der Waals surface area contributed by atoms with E-state index in [1.165, 1.54) is 23.5 Å². The van der Waals surface area contributed by atoms with Crippen molar-refractivity contribution in [2.75, 3.05) is 34.4 Å². The predicted octanol–water partition coefficient (Wildman–Crippen LogP) is 3.38. The predicted molar refractivity (Wildman–Crippen MR) is 121 cm³/mol. The minimum absolute atomic E-state index is 0.00770. The molecule has 0 aliphatic carbocycles. The van der Waals surface area contributed by atoms with Crippen LogP contribution in [0.2, 0.25) is 0 Å². The van der Waals surface area contributed by atoms with Crippen molar-refractivity contribution in [2.45, 2.75) is 37.1 Å². The molecule has 1 fully saturated rings. The lowest BCUT2D eigenvalue weighted by Crippen LogP contribution is -2.36. The number of amides is 1. The Morgan fingerprint density at radius 3 is 2.16 bits per heavy atom. The summed E-state index contributed by atoms with van der Waals surface area (Å²) in [5, 5.41) is 2.91. The van der Waals surface area contributed by atoms with Gasteiger partial charge in [0.15, 0.2) is 11.5 Å². The molecule has 0 radical (unpaired) electrons. The van der Waals surface area contributed by atoms with Crippen molar-refractivity contribution in [1.82, 2.24) is 9.62 Å². The van der Waals surface area contributed by atoms with Gasteiger partial charge in [-0.2, -0.15) is 4.31 Å². The zero-order valence-electron chi connectivity index (χ0n) is 18.9. The summed E-state index contributed by atoms with van der Waals surface area (Å²) in [6, 6.07) is 9.53. The summed E-state index contributed by atoms with van der Waals surface area (Å²) in [6.07, 6.45) is 2.66. The zero-order valence-corrected chi connectivity index (χ0v) is 19.7. The van der Waals surface area contributed by atoms with Crippen molar-refractivity contribution >= 4 is 15.9 Å². The van der Waals surface area contributed by atoms with Crippen LogP contribution in [0.3, 0.4) is 0 Å². The molecule has 1 atom stereocenters. The summed E-state index contributed by atoms with van der Waals surface area (Å²) in [7, 11) is 0.765. The smallest absolute Gasteiger partial charge is 0.251 e. The molecule has 1 aliphatic heterocycles. The molecular weight excluding hydrogens is 432 g/mol.